The average molecular weight is 255 g/mol. The van der Waals surface area contributed by atoms with Crippen LogP contribution in [-0.2, 0) is 11.2 Å². The van der Waals surface area contributed by atoms with E-state index in [2.05, 4.69) is 36.2 Å². The number of rotatable bonds is 9. The second-order valence-corrected chi connectivity index (χ2v) is 4.94. The molecule has 0 aliphatic rings. The Hall–Kier alpha value is -0.940. The molecule has 0 radical (unpaired) electrons. The third-order valence-electron chi connectivity index (χ3n) is 2.82. The monoisotopic (exact) mass is 255 g/mol. The first-order chi connectivity index (χ1) is 8.63. The summed E-state index contributed by atoms with van der Waals surface area (Å²) in [6.45, 7) is 8.06. The van der Waals surface area contributed by atoms with Crippen molar-refractivity contribution >= 4 is 0 Å². The zero-order chi connectivity index (χ0) is 13.4. The molecule has 0 aliphatic heterocycles. The fourth-order valence-electron chi connectivity index (χ4n) is 1.59. The summed E-state index contributed by atoms with van der Waals surface area (Å²) in [6, 6.07) is 0.485. The average Bonchev–Trinajstić information content (AvgIpc) is 2.81. The van der Waals surface area contributed by atoms with Crippen molar-refractivity contribution in [1.29, 1.82) is 0 Å². The molecule has 0 saturated carbocycles. The van der Waals surface area contributed by atoms with E-state index in [4.69, 9.17) is 9.26 Å². The third-order valence-corrected chi connectivity index (χ3v) is 2.82. The van der Waals surface area contributed by atoms with Crippen LogP contribution in [0.4, 0.5) is 0 Å². The van der Waals surface area contributed by atoms with Crippen molar-refractivity contribution in [2.75, 3.05) is 20.3 Å². The van der Waals surface area contributed by atoms with E-state index in [1.54, 1.807) is 7.11 Å². The zero-order valence-electron chi connectivity index (χ0n) is 11.9. The van der Waals surface area contributed by atoms with Crippen LogP contribution in [0.25, 0.3) is 0 Å². The largest absolute Gasteiger partial charge is 0.385 e. The van der Waals surface area contributed by atoms with E-state index in [1.165, 1.54) is 0 Å². The molecule has 104 valence electrons. The summed E-state index contributed by atoms with van der Waals surface area (Å²) < 4.78 is 10.2. The summed E-state index contributed by atoms with van der Waals surface area (Å²) in [5.74, 6) is 1.87. The Morgan fingerprint density at radius 1 is 1.33 bits per heavy atom. The van der Waals surface area contributed by atoms with Crippen molar-refractivity contribution in [2.45, 2.75) is 52.0 Å². The smallest absolute Gasteiger partial charge is 0.226 e. The molecule has 0 bridgehead atoms. The lowest BCUT2D eigenvalue weighted by Crippen LogP contribution is -2.28. The van der Waals surface area contributed by atoms with Crippen LogP contribution in [-0.4, -0.2) is 36.4 Å². The van der Waals surface area contributed by atoms with E-state index in [1.807, 2.05) is 0 Å². The van der Waals surface area contributed by atoms with Gasteiger partial charge in [-0.05, 0) is 26.3 Å². The normalized spacial score (nSPS) is 13.2. The second-order valence-electron chi connectivity index (χ2n) is 4.94. The minimum atomic E-state index is 0.328. The lowest BCUT2D eigenvalue weighted by atomic mass is 10.2. The van der Waals surface area contributed by atoms with Gasteiger partial charge in [0.2, 0.25) is 5.89 Å². The van der Waals surface area contributed by atoms with Crippen molar-refractivity contribution in [3.8, 4) is 0 Å². The van der Waals surface area contributed by atoms with E-state index in [0.717, 1.165) is 44.1 Å². The Morgan fingerprint density at radius 2 is 2.11 bits per heavy atom. The highest BCUT2D eigenvalue weighted by molar-refractivity contribution is 4.91. The molecule has 1 unspecified atom stereocenters. The van der Waals surface area contributed by atoms with E-state index >= 15 is 0 Å². The van der Waals surface area contributed by atoms with E-state index < -0.39 is 0 Å². The molecule has 0 aromatic carbocycles. The number of aryl methyl sites for hydroxylation is 1. The Labute approximate surface area is 109 Å². The molecule has 18 heavy (non-hydrogen) atoms. The predicted molar refractivity (Wildman–Crippen MR) is 70.7 cm³/mol. The van der Waals surface area contributed by atoms with Gasteiger partial charge >= 0.3 is 0 Å². The van der Waals surface area contributed by atoms with Crippen LogP contribution in [0.15, 0.2) is 4.52 Å². The number of hydrogen-bond donors (Lipinski definition) is 1. The molecular weight excluding hydrogens is 230 g/mol. The summed E-state index contributed by atoms with van der Waals surface area (Å²) in [5.41, 5.74) is 0. The molecule has 1 N–H and O–H groups in total. The number of nitrogens with one attached hydrogen (secondary N) is 1. The van der Waals surface area contributed by atoms with Gasteiger partial charge in [0, 0.05) is 32.1 Å². The van der Waals surface area contributed by atoms with Gasteiger partial charge in [0.25, 0.3) is 0 Å². The Morgan fingerprint density at radius 3 is 2.72 bits per heavy atom. The van der Waals surface area contributed by atoms with E-state index in [0.29, 0.717) is 12.0 Å². The molecular formula is C13H25N3O2. The molecule has 0 fully saturated rings. The van der Waals surface area contributed by atoms with Crippen LogP contribution in [0, 0.1) is 0 Å². The first-order valence-corrected chi connectivity index (χ1v) is 6.68. The van der Waals surface area contributed by atoms with Gasteiger partial charge in [-0.1, -0.05) is 19.0 Å². The maximum absolute atomic E-state index is 5.19. The highest BCUT2D eigenvalue weighted by Crippen LogP contribution is 2.10. The van der Waals surface area contributed by atoms with Crippen LogP contribution in [0.2, 0.25) is 0 Å². The standard InChI is InChI=1S/C13H25N3O2/c1-10(2)13-15-12(18-16-13)6-5-8-14-11(3)7-9-17-4/h10-11,14H,5-9H2,1-4H3. The van der Waals surface area contributed by atoms with Gasteiger partial charge in [0.1, 0.15) is 0 Å². The molecule has 0 amide bonds. The van der Waals surface area contributed by atoms with Crippen molar-refractivity contribution in [1.82, 2.24) is 15.5 Å². The van der Waals surface area contributed by atoms with Gasteiger partial charge in [-0.25, -0.2) is 0 Å². The molecule has 1 aromatic rings. The van der Waals surface area contributed by atoms with Crippen molar-refractivity contribution < 1.29 is 9.26 Å². The minimum absolute atomic E-state index is 0.328. The Kier molecular flexibility index (Phi) is 6.90. The van der Waals surface area contributed by atoms with Crippen LogP contribution in [0.5, 0.6) is 0 Å². The fourth-order valence-corrected chi connectivity index (χ4v) is 1.59. The zero-order valence-corrected chi connectivity index (χ0v) is 11.9. The van der Waals surface area contributed by atoms with Crippen molar-refractivity contribution in [2.24, 2.45) is 0 Å². The molecule has 1 rings (SSSR count). The van der Waals surface area contributed by atoms with Crippen molar-refractivity contribution in [3.63, 3.8) is 0 Å². The SMILES string of the molecule is COCCC(C)NCCCc1nc(C(C)C)no1. The first-order valence-electron chi connectivity index (χ1n) is 6.68. The van der Waals surface area contributed by atoms with Gasteiger partial charge in [-0.15, -0.1) is 0 Å². The molecule has 0 saturated heterocycles. The Bertz CT molecular complexity index is 326. The lowest BCUT2D eigenvalue weighted by molar-refractivity contribution is 0.185. The maximum atomic E-state index is 5.19. The molecule has 0 aliphatic carbocycles. The van der Waals surface area contributed by atoms with E-state index in [9.17, 15) is 0 Å². The third kappa shape index (κ3) is 5.60. The van der Waals surface area contributed by atoms with Gasteiger partial charge in [-0.2, -0.15) is 4.98 Å². The van der Waals surface area contributed by atoms with Gasteiger partial charge in [0.15, 0.2) is 5.82 Å². The molecule has 5 nitrogen and oxygen atoms in total. The summed E-state index contributed by atoms with van der Waals surface area (Å²) >= 11 is 0. The highest BCUT2D eigenvalue weighted by atomic mass is 16.5. The number of nitrogens with zero attached hydrogens (tertiary/aromatic N) is 2. The Balaban J connectivity index is 2.13. The first kappa shape index (κ1) is 15.1. The van der Waals surface area contributed by atoms with Gasteiger partial charge < -0.3 is 14.6 Å². The second kappa shape index (κ2) is 8.21. The number of ether oxygens (including phenoxy) is 1. The highest BCUT2D eigenvalue weighted by Gasteiger charge is 2.09. The predicted octanol–water partition coefficient (Wildman–Crippen LogP) is 2.14. The summed E-state index contributed by atoms with van der Waals surface area (Å²) in [6.07, 6.45) is 2.88. The molecule has 1 aromatic heterocycles. The molecule has 5 heteroatoms. The summed E-state index contributed by atoms with van der Waals surface area (Å²) in [4.78, 5) is 4.35. The maximum Gasteiger partial charge on any atom is 0.226 e. The number of hydrogen-bond acceptors (Lipinski definition) is 5. The topological polar surface area (TPSA) is 60.2 Å². The summed E-state index contributed by atoms with van der Waals surface area (Å²) in [7, 11) is 1.73. The minimum Gasteiger partial charge on any atom is -0.385 e. The van der Waals surface area contributed by atoms with Gasteiger partial charge in [0.05, 0.1) is 0 Å². The molecule has 0 spiro atoms. The van der Waals surface area contributed by atoms with Crippen LogP contribution < -0.4 is 5.32 Å². The van der Waals surface area contributed by atoms with E-state index in [-0.39, 0.29) is 0 Å². The fraction of sp³-hybridized carbons (Fsp3) is 0.846. The number of methoxy groups -OCH3 is 1. The molecule has 1 atom stereocenters. The summed E-state index contributed by atoms with van der Waals surface area (Å²) in [5, 5.41) is 7.39. The molecule has 1 heterocycles. The quantitative estimate of drug-likeness (QED) is 0.685. The van der Waals surface area contributed by atoms with Crippen LogP contribution >= 0.6 is 0 Å². The lowest BCUT2D eigenvalue weighted by Gasteiger charge is -2.12. The number of aromatic nitrogens is 2. The van der Waals surface area contributed by atoms with Crippen molar-refractivity contribution in [3.05, 3.63) is 11.7 Å². The van der Waals surface area contributed by atoms with Crippen LogP contribution in [0.1, 0.15) is 51.2 Å². The van der Waals surface area contributed by atoms with Crippen LogP contribution in [0.3, 0.4) is 0 Å². The van der Waals surface area contributed by atoms with Gasteiger partial charge in [-0.3, -0.25) is 0 Å².